The van der Waals surface area contributed by atoms with Crippen molar-refractivity contribution >= 4 is 27.5 Å². The predicted molar refractivity (Wildman–Crippen MR) is 59.9 cm³/mol. The second-order valence-electron chi connectivity index (χ2n) is 3.18. The monoisotopic (exact) mass is 260 g/mol. The predicted octanol–water partition coefficient (Wildman–Crippen LogP) is 1.28. The molecule has 0 fully saturated rings. The zero-order valence-electron chi connectivity index (χ0n) is 8.64. The van der Waals surface area contributed by atoms with E-state index in [9.17, 15) is 8.42 Å². The quantitative estimate of drug-likeness (QED) is 0.714. The van der Waals surface area contributed by atoms with Gasteiger partial charge in [-0.3, -0.25) is 4.84 Å². The van der Waals surface area contributed by atoms with Gasteiger partial charge in [0.1, 0.15) is 4.90 Å². The summed E-state index contributed by atoms with van der Waals surface area (Å²) < 4.78 is 27.0. The summed E-state index contributed by atoms with van der Waals surface area (Å²) >= 11 is 5.97. The van der Waals surface area contributed by atoms with Crippen LogP contribution >= 0.6 is 11.6 Å². The molecular weight excluding hydrogens is 252 g/mol. The van der Waals surface area contributed by atoms with Crippen LogP contribution in [0.1, 0.15) is 5.56 Å². The third-order valence-electron chi connectivity index (χ3n) is 2.26. The average Bonchev–Trinajstić information content (AvgIpc) is 2.52. The molecule has 1 aromatic rings. The number of nitrogens with zero attached hydrogens (tertiary/aromatic N) is 2. The van der Waals surface area contributed by atoms with Gasteiger partial charge in [0, 0.05) is 7.05 Å². The van der Waals surface area contributed by atoms with Crippen LogP contribution in [0.4, 0.5) is 0 Å². The normalized spacial score (nSPS) is 16.8. The number of hydrogen-bond acceptors (Lipinski definition) is 4. The number of sulfonamides is 1. The van der Waals surface area contributed by atoms with E-state index in [1.165, 1.54) is 18.2 Å². The second kappa shape index (κ2) is 3.73. The van der Waals surface area contributed by atoms with Crippen LogP contribution in [0.2, 0.25) is 5.02 Å². The van der Waals surface area contributed by atoms with Crippen LogP contribution in [0.5, 0.6) is 0 Å². The van der Waals surface area contributed by atoms with E-state index < -0.39 is 10.0 Å². The van der Waals surface area contributed by atoms with E-state index in [1.54, 1.807) is 19.2 Å². The molecule has 0 aromatic heterocycles. The molecule has 1 heterocycles. The van der Waals surface area contributed by atoms with Gasteiger partial charge in [-0.1, -0.05) is 17.7 Å². The zero-order chi connectivity index (χ0) is 11.9. The van der Waals surface area contributed by atoms with Gasteiger partial charge in [-0.25, -0.2) is 5.06 Å². The molecule has 1 aromatic carbocycles. The van der Waals surface area contributed by atoms with Crippen molar-refractivity contribution in [1.82, 2.24) is 5.06 Å². The lowest BCUT2D eigenvalue weighted by atomic mass is 10.2. The summed E-state index contributed by atoms with van der Waals surface area (Å²) in [5, 5.41) is 1.59. The van der Waals surface area contributed by atoms with Gasteiger partial charge in [0.05, 0.1) is 17.7 Å². The molecule has 1 aliphatic heterocycles. The Labute approximate surface area is 98.3 Å². The number of halogens is 1. The fourth-order valence-electron chi connectivity index (χ4n) is 1.45. The molecule has 0 saturated heterocycles. The summed E-state index contributed by atoms with van der Waals surface area (Å²) in [6, 6.07) is 4.65. The lowest BCUT2D eigenvalue weighted by molar-refractivity contribution is -0.0408. The molecule has 0 spiro atoms. The van der Waals surface area contributed by atoms with Crippen molar-refractivity contribution in [2.24, 2.45) is 4.40 Å². The van der Waals surface area contributed by atoms with Gasteiger partial charge in [-0.05, 0) is 12.1 Å². The Morgan fingerprint density at radius 1 is 1.44 bits per heavy atom. The maximum Gasteiger partial charge on any atom is 0.285 e. The van der Waals surface area contributed by atoms with Gasteiger partial charge in [0.2, 0.25) is 0 Å². The molecule has 5 nitrogen and oxygen atoms in total. The number of hydroxylamine groups is 2. The van der Waals surface area contributed by atoms with E-state index >= 15 is 0 Å². The lowest BCUT2D eigenvalue weighted by Crippen LogP contribution is -2.25. The lowest BCUT2D eigenvalue weighted by Gasteiger charge is -2.15. The smallest absolute Gasteiger partial charge is 0.276 e. The van der Waals surface area contributed by atoms with Crippen LogP contribution < -0.4 is 0 Å². The van der Waals surface area contributed by atoms with Gasteiger partial charge < -0.3 is 0 Å². The first-order chi connectivity index (χ1) is 7.47. The van der Waals surface area contributed by atoms with Gasteiger partial charge in [0.15, 0.2) is 5.84 Å². The van der Waals surface area contributed by atoms with Crippen LogP contribution in [0.25, 0.3) is 0 Å². The minimum atomic E-state index is -3.65. The summed E-state index contributed by atoms with van der Waals surface area (Å²) in [5.41, 5.74) is 0.383. The highest BCUT2D eigenvalue weighted by atomic mass is 35.5. The first kappa shape index (κ1) is 11.4. The summed E-state index contributed by atoms with van der Waals surface area (Å²) in [6.45, 7) is 0. The molecule has 0 amide bonds. The number of amidine groups is 1. The third-order valence-corrected chi connectivity index (χ3v) is 3.88. The topological polar surface area (TPSA) is 59.0 Å². The van der Waals surface area contributed by atoms with Gasteiger partial charge in [0.25, 0.3) is 10.0 Å². The van der Waals surface area contributed by atoms with Gasteiger partial charge >= 0.3 is 0 Å². The molecule has 0 bridgehead atoms. The van der Waals surface area contributed by atoms with Crippen molar-refractivity contribution < 1.29 is 13.3 Å². The SMILES string of the molecule is CON(C)C1=NS(=O)(=O)c2cccc(Cl)c21. The molecule has 0 atom stereocenters. The Kier molecular flexibility index (Phi) is 2.65. The van der Waals surface area contributed by atoms with Crippen molar-refractivity contribution in [3.05, 3.63) is 28.8 Å². The molecule has 0 saturated carbocycles. The minimum Gasteiger partial charge on any atom is -0.276 e. The highest BCUT2D eigenvalue weighted by Gasteiger charge is 2.32. The van der Waals surface area contributed by atoms with Crippen molar-refractivity contribution in [3.63, 3.8) is 0 Å². The van der Waals surface area contributed by atoms with Crippen LogP contribution in [-0.4, -0.2) is 33.5 Å². The van der Waals surface area contributed by atoms with Crippen LogP contribution in [-0.2, 0) is 14.9 Å². The van der Waals surface area contributed by atoms with Crippen molar-refractivity contribution in [1.29, 1.82) is 0 Å². The highest BCUT2D eigenvalue weighted by Crippen LogP contribution is 2.32. The van der Waals surface area contributed by atoms with E-state index in [1.807, 2.05) is 0 Å². The fraction of sp³-hybridized carbons (Fsp3) is 0.222. The Morgan fingerprint density at radius 2 is 2.12 bits per heavy atom. The number of fused-ring (bicyclic) bond motifs is 1. The molecular formula is C9H9ClN2O3S. The molecule has 1 aliphatic rings. The second-order valence-corrected chi connectivity index (χ2v) is 5.16. The fourth-order valence-corrected chi connectivity index (χ4v) is 3.00. The summed E-state index contributed by atoms with van der Waals surface area (Å²) in [5.74, 6) is 0.197. The first-order valence-electron chi connectivity index (χ1n) is 4.39. The van der Waals surface area contributed by atoms with Gasteiger partial charge in [-0.15, -0.1) is 4.40 Å². The van der Waals surface area contributed by atoms with E-state index in [-0.39, 0.29) is 10.7 Å². The Balaban J connectivity index is 2.72. The van der Waals surface area contributed by atoms with E-state index in [0.717, 1.165) is 0 Å². The van der Waals surface area contributed by atoms with Crippen LogP contribution in [0.3, 0.4) is 0 Å². The Bertz CT molecular complexity index is 568. The van der Waals surface area contributed by atoms with E-state index in [0.29, 0.717) is 10.6 Å². The number of hydrogen-bond donors (Lipinski definition) is 0. The molecule has 86 valence electrons. The largest absolute Gasteiger partial charge is 0.285 e. The first-order valence-corrected chi connectivity index (χ1v) is 6.21. The molecule has 0 N–H and O–H groups in total. The minimum absolute atomic E-state index is 0.110. The molecule has 7 heteroatoms. The highest BCUT2D eigenvalue weighted by molar-refractivity contribution is 7.90. The molecule has 16 heavy (non-hydrogen) atoms. The van der Waals surface area contributed by atoms with Crippen LogP contribution in [0.15, 0.2) is 27.5 Å². The molecule has 0 unspecified atom stereocenters. The van der Waals surface area contributed by atoms with Crippen molar-refractivity contribution in [2.45, 2.75) is 4.90 Å². The van der Waals surface area contributed by atoms with Crippen molar-refractivity contribution in [2.75, 3.05) is 14.2 Å². The Morgan fingerprint density at radius 3 is 2.75 bits per heavy atom. The molecule has 0 aliphatic carbocycles. The maximum absolute atomic E-state index is 11.7. The average molecular weight is 261 g/mol. The maximum atomic E-state index is 11.7. The summed E-state index contributed by atoms with van der Waals surface area (Å²) in [4.78, 5) is 5.03. The number of rotatable bonds is 1. The van der Waals surface area contributed by atoms with Crippen LogP contribution in [0, 0.1) is 0 Å². The van der Waals surface area contributed by atoms with Gasteiger partial charge in [-0.2, -0.15) is 8.42 Å². The van der Waals surface area contributed by atoms with Crippen molar-refractivity contribution in [3.8, 4) is 0 Å². The standard InChI is InChI=1S/C9H9ClN2O3S/c1-12(15-2)9-8-6(10)4-3-5-7(8)16(13,14)11-9/h3-5H,1-2H3. The zero-order valence-corrected chi connectivity index (χ0v) is 10.2. The summed E-state index contributed by atoms with van der Waals surface area (Å²) in [6.07, 6.45) is 0. The Hall–Kier alpha value is -1.11. The summed E-state index contributed by atoms with van der Waals surface area (Å²) in [7, 11) is -0.668. The van der Waals surface area contributed by atoms with E-state index in [4.69, 9.17) is 16.4 Å². The molecule has 0 radical (unpaired) electrons. The van der Waals surface area contributed by atoms with E-state index in [2.05, 4.69) is 4.40 Å². The number of benzene rings is 1. The molecule has 2 rings (SSSR count). The third kappa shape index (κ3) is 1.59.